The van der Waals surface area contributed by atoms with Gasteiger partial charge in [-0.1, -0.05) is 13.0 Å². The fourth-order valence-corrected chi connectivity index (χ4v) is 2.12. The number of carbonyl (C=O) groups is 1. The van der Waals surface area contributed by atoms with Gasteiger partial charge in [-0.3, -0.25) is 4.79 Å². The molecule has 1 aliphatic carbocycles. The quantitative estimate of drug-likeness (QED) is 0.479. The Labute approximate surface area is 81.2 Å². The van der Waals surface area contributed by atoms with Gasteiger partial charge in [0.2, 0.25) is 0 Å². The normalized spacial score (nSPS) is 28.8. The molecule has 74 valence electrons. The van der Waals surface area contributed by atoms with Crippen LogP contribution in [0.25, 0.3) is 0 Å². The van der Waals surface area contributed by atoms with E-state index in [1.807, 2.05) is 6.08 Å². The van der Waals surface area contributed by atoms with E-state index in [9.17, 15) is 4.79 Å². The number of unbranched alkanes of at least 4 members (excludes halogenated alkanes) is 1. The van der Waals surface area contributed by atoms with Gasteiger partial charge in [-0.15, -0.1) is 6.58 Å². The number of carbonyl (C=O) groups excluding carboxylic acids is 1. The maximum absolute atomic E-state index is 11.5. The van der Waals surface area contributed by atoms with Gasteiger partial charge in [0.25, 0.3) is 0 Å². The summed E-state index contributed by atoms with van der Waals surface area (Å²) in [5.41, 5.74) is 0. The largest absolute Gasteiger partial charge is 0.299 e. The van der Waals surface area contributed by atoms with Crippen molar-refractivity contribution in [3.8, 4) is 0 Å². The molecule has 0 heterocycles. The molecule has 1 fully saturated rings. The third kappa shape index (κ3) is 3.33. The lowest BCUT2D eigenvalue weighted by Crippen LogP contribution is -2.23. The Morgan fingerprint density at radius 2 is 2.38 bits per heavy atom. The van der Waals surface area contributed by atoms with Crippen LogP contribution in [0.1, 0.15) is 45.4 Å². The summed E-state index contributed by atoms with van der Waals surface area (Å²) in [6, 6.07) is 0. The van der Waals surface area contributed by atoms with Crippen LogP contribution in [0.4, 0.5) is 0 Å². The summed E-state index contributed by atoms with van der Waals surface area (Å²) in [4.78, 5) is 11.5. The minimum Gasteiger partial charge on any atom is -0.299 e. The van der Waals surface area contributed by atoms with Crippen LogP contribution in [0.2, 0.25) is 0 Å². The molecule has 13 heavy (non-hydrogen) atoms. The average molecular weight is 180 g/mol. The van der Waals surface area contributed by atoms with Gasteiger partial charge in [0.05, 0.1) is 0 Å². The van der Waals surface area contributed by atoms with Gasteiger partial charge in [-0.25, -0.2) is 0 Å². The molecule has 0 radical (unpaired) electrons. The van der Waals surface area contributed by atoms with Gasteiger partial charge in [0.1, 0.15) is 5.78 Å². The number of hydrogen-bond donors (Lipinski definition) is 0. The molecule has 0 amide bonds. The molecule has 2 unspecified atom stereocenters. The van der Waals surface area contributed by atoms with Crippen LogP contribution in [-0.4, -0.2) is 5.78 Å². The Hall–Kier alpha value is -0.590. The fourth-order valence-electron chi connectivity index (χ4n) is 2.12. The third-order valence-electron chi connectivity index (χ3n) is 2.99. The Balaban J connectivity index is 2.29. The molecule has 0 saturated heterocycles. The summed E-state index contributed by atoms with van der Waals surface area (Å²) in [6.07, 6.45) is 8.25. The lowest BCUT2D eigenvalue weighted by atomic mass is 9.79. The maximum Gasteiger partial charge on any atom is 0.135 e. The van der Waals surface area contributed by atoms with E-state index < -0.39 is 0 Å². The number of hydrogen-bond acceptors (Lipinski definition) is 1. The molecule has 0 bridgehead atoms. The fraction of sp³-hybridized carbons (Fsp3) is 0.750. The van der Waals surface area contributed by atoms with Gasteiger partial charge in [-0.05, 0) is 38.0 Å². The van der Waals surface area contributed by atoms with Gasteiger partial charge >= 0.3 is 0 Å². The predicted octanol–water partition coefficient (Wildman–Crippen LogP) is 3.35. The second-order valence-electron chi connectivity index (χ2n) is 4.26. The third-order valence-corrected chi connectivity index (χ3v) is 2.99. The molecular weight excluding hydrogens is 160 g/mol. The van der Waals surface area contributed by atoms with Crippen LogP contribution in [0.5, 0.6) is 0 Å². The van der Waals surface area contributed by atoms with E-state index in [1.165, 1.54) is 0 Å². The number of ketones is 1. The highest BCUT2D eigenvalue weighted by molar-refractivity contribution is 5.81. The molecule has 0 aromatic rings. The molecule has 0 aliphatic heterocycles. The minimum atomic E-state index is 0.365. The highest BCUT2D eigenvalue weighted by atomic mass is 16.1. The van der Waals surface area contributed by atoms with E-state index in [0.717, 1.165) is 44.4 Å². The highest BCUT2D eigenvalue weighted by Crippen LogP contribution is 2.29. The van der Waals surface area contributed by atoms with E-state index in [-0.39, 0.29) is 0 Å². The second kappa shape index (κ2) is 5.21. The first-order valence-electron chi connectivity index (χ1n) is 5.37. The van der Waals surface area contributed by atoms with Crippen molar-refractivity contribution >= 4 is 5.78 Å². The average Bonchev–Trinajstić information content (AvgIpc) is 2.11. The van der Waals surface area contributed by atoms with Crippen molar-refractivity contribution < 1.29 is 4.79 Å². The van der Waals surface area contributed by atoms with Crippen LogP contribution in [0.3, 0.4) is 0 Å². The predicted molar refractivity (Wildman–Crippen MR) is 55.6 cm³/mol. The standard InChI is InChI=1S/C12H20O/c1-3-4-5-6-11-9-10(2)7-8-12(11)13/h3,10-11H,1,4-9H2,2H3. The van der Waals surface area contributed by atoms with Crippen LogP contribution >= 0.6 is 0 Å². The van der Waals surface area contributed by atoms with Crippen LogP contribution < -0.4 is 0 Å². The minimum absolute atomic E-state index is 0.365. The first-order chi connectivity index (χ1) is 6.24. The summed E-state index contributed by atoms with van der Waals surface area (Å²) >= 11 is 0. The van der Waals surface area contributed by atoms with Gasteiger partial charge in [0, 0.05) is 12.3 Å². The zero-order valence-corrected chi connectivity index (χ0v) is 8.59. The van der Waals surface area contributed by atoms with Crippen LogP contribution in [-0.2, 0) is 4.79 Å². The monoisotopic (exact) mass is 180 g/mol. The zero-order chi connectivity index (χ0) is 9.68. The zero-order valence-electron chi connectivity index (χ0n) is 8.59. The molecule has 0 spiro atoms. The highest BCUT2D eigenvalue weighted by Gasteiger charge is 2.25. The van der Waals surface area contributed by atoms with E-state index in [2.05, 4.69) is 13.5 Å². The Morgan fingerprint density at radius 3 is 3.08 bits per heavy atom. The van der Waals surface area contributed by atoms with E-state index >= 15 is 0 Å². The lowest BCUT2D eigenvalue weighted by Gasteiger charge is -2.25. The molecule has 0 aromatic heterocycles. The second-order valence-corrected chi connectivity index (χ2v) is 4.26. The maximum atomic E-state index is 11.5. The topological polar surface area (TPSA) is 17.1 Å². The first-order valence-corrected chi connectivity index (χ1v) is 5.37. The summed E-state index contributed by atoms with van der Waals surface area (Å²) in [6.45, 7) is 5.95. The van der Waals surface area contributed by atoms with Crippen molar-refractivity contribution in [2.24, 2.45) is 11.8 Å². The number of rotatable bonds is 4. The van der Waals surface area contributed by atoms with Gasteiger partial charge in [-0.2, -0.15) is 0 Å². The smallest absolute Gasteiger partial charge is 0.135 e. The van der Waals surface area contributed by atoms with Crippen molar-refractivity contribution in [1.82, 2.24) is 0 Å². The molecule has 1 rings (SSSR count). The molecule has 0 aromatic carbocycles. The molecule has 1 heteroatoms. The van der Waals surface area contributed by atoms with E-state index in [1.54, 1.807) is 0 Å². The summed E-state index contributed by atoms with van der Waals surface area (Å²) in [5.74, 6) is 1.62. The van der Waals surface area contributed by atoms with E-state index in [4.69, 9.17) is 0 Å². The summed E-state index contributed by atoms with van der Waals surface area (Å²) in [7, 11) is 0. The van der Waals surface area contributed by atoms with Crippen molar-refractivity contribution in [1.29, 1.82) is 0 Å². The molecule has 1 aliphatic rings. The Kier molecular flexibility index (Phi) is 4.20. The first kappa shape index (κ1) is 10.5. The van der Waals surface area contributed by atoms with Crippen molar-refractivity contribution in [3.63, 3.8) is 0 Å². The Morgan fingerprint density at radius 1 is 1.62 bits per heavy atom. The van der Waals surface area contributed by atoms with Crippen LogP contribution in [0.15, 0.2) is 12.7 Å². The van der Waals surface area contributed by atoms with Gasteiger partial charge in [0.15, 0.2) is 0 Å². The van der Waals surface area contributed by atoms with Crippen molar-refractivity contribution in [2.45, 2.75) is 45.4 Å². The van der Waals surface area contributed by atoms with Crippen molar-refractivity contribution in [2.75, 3.05) is 0 Å². The molecule has 1 saturated carbocycles. The van der Waals surface area contributed by atoms with Crippen molar-refractivity contribution in [3.05, 3.63) is 12.7 Å². The summed E-state index contributed by atoms with van der Waals surface area (Å²) in [5, 5.41) is 0. The van der Waals surface area contributed by atoms with E-state index in [0.29, 0.717) is 11.7 Å². The number of Topliss-reactive ketones (excluding diaryl/α,β-unsaturated/α-hetero) is 1. The molecule has 2 atom stereocenters. The number of allylic oxidation sites excluding steroid dienone is 1. The SMILES string of the molecule is C=CCCCC1CC(C)CCC1=O. The molecular formula is C12H20O. The lowest BCUT2D eigenvalue weighted by molar-refractivity contribution is -0.125. The van der Waals surface area contributed by atoms with Gasteiger partial charge < -0.3 is 0 Å². The summed E-state index contributed by atoms with van der Waals surface area (Å²) < 4.78 is 0. The molecule has 0 N–H and O–H groups in total. The molecule has 1 nitrogen and oxygen atoms in total. The van der Waals surface area contributed by atoms with Crippen LogP contribution in [0, 0.1) is 11.8 Å². The Bertz CT molecular complexity index is 184.